The van der Waals surface area contributed by atoms with Crippen molar-refractivity contribution < 1.29 is 28.6 Å². The second-order valence-corrected chi connectivity index (χ2v) is 12.9. The summed E-state index contributed by atoms with van der Waals surface area (Å²) in [6.07, 6.45) is 4.71. The largest absolute Gasteiger partial charge is 0.492 e. The van der Waals surface area contributed by atoms with Crippen molar-refractivity contribution in [2.45, 2.75) is 46.0 Å². The van der Waals surface area contributed by atoms with Gasteiger partial charge in [0.1, 0.15) is 28.2 Å². The van der Waals surface area contributed by atoms with Gasteiger partial charge in [0, 0.05) is 35.7 Å². The number of carbonyl (C=O) groups excluding carboxylic acids is 3. The van der Waals surface area contributed by atoms with Crippen LogP contribution >= 0.6 is 46.1 Å². The molecule has 11 heteroatoms. The molecule has 1 aromatic heterocycles. The standard InChI is InChI=1S/C34H32Cl3NO6S/c1-3-7-25(40)44-24-14-10-22(11-15-24)33-27(26-28(35)29(36)32(43-20(2)39)30(37)34(26)45-33)31(41)21-8-12-23(13-9-21)42-19-18-38-16-5-4-6-17-38/h8-15H,3-7,16-19H2,1-2H3. The fraction of sp³-hybridized carbons (Fsp3) is 0.324. The monoisotopic (exact) mass is 687 g/mol. The number of nitrogens with zero attached hydrogens (tertiary/aromatic N) is 1. The number of ketones is 1. The van der Waals surface area contributed by atoms with Crippen LogP contribution < -0.4 is 14.2 Å². The quantitative estimate of drug-likeness (QED) is 0.0672. The molecule has 4 aromatic rings. The lowest BCUT2D eigenvalue weighted by Crippen LogP contribution is -2.33. The van der Waals surface area contributed by atoms with Gasteiger partial charge in [-0.1, -0.05) is 48.1 Å². The molecule has 45 heavy (non-hydrogen) atoms. The van der Waals surface area contributed by atoms with Gasteiger partial charge in [0.05, 0.1) is 15.3 Å². The molecule has 2 heterocycles. The van der Waals surface area contributed by atoms with Crippen molar-refractivity contribution in [3.05, 3.63) is 74.7 Å². The number of halogens is 3. The lowest BCUT2D eigenvalue weighted by atomic mass is 9.97. The first-order chi connectivity index (χ1) is 21.7. The van der Waals surface area contributed by atoms with Gasteiger partial charge in [0.2, 0.25) is 0 Å². The number of benzene rings is 3. The van der Waals surface area contributed by atoms with E-state index in [2.05, 4.69) is 4.90 Å². The molecule has 7 nitrogen and oxygen atoms in total. The number of likely N-dealkylation sites (tertiary alicyclic amines) is 1. The van der Waals surface area contributed by atoms with Gasteiger partial charge in [-0.05, 0) is 86.4 Å². The van der Waals surface area contributed by atoms with E-state index in [4.69, 9.17) is 49.0 Å². The molecule has 1 aliphatic heterocycles. The molecule has 0 spiro atoms. The minimum atomic E-state index is -0.617. The molecule has 0 saturated carbocycles. The lowest BCUT2D eigenvalue weighted by molar-refractivity contribution is -0.134. The second kappa shape index (κ2) is 15.0. The van der Waals surface area contributed by atoms with Crippen molar-refractivity contribution in [1.29, 1.82) is 0 Å². The highest BCUT2D eigenvalue weighted by atomic mass is 35.5. The highest BCUT2D eigenvalue weighted by Crippen LogP contribution is 2.52. The molecule has 0 aliphatic carbocycles. The Morgan fingerprint density at radius 2 is 1.51 bits per heavy atom. The summed E-state index contributed by atoms with van der Waals surface area (Å²) in [7, 11) is 0. The summed E-state index contributed by atoms with van der Waals surface area (Å²) < 4.78 is 17.1. The average molecular weight is 689 g/mol. The van der Waals surface area contributed by atoms with Crippen molar-refractivity contribution in [2.24, 2.45) is 0 Å². The number of thiophene rings is 1. The maximum atomic E-state index is 14.2. The SMILES string of the molecule is CCCC(=O)Oc1ccc(-c2sc3c(Cl)c(OC(C)=O)c(Cl)c(Cl)c3c2C(=O)c2ccc(OCCN3CCCCC3)cc2)cc1. The van der Waals surface area contributed by atoms with Crippen LogP contribution in [0.1, 0.15) is 61.9 Å². The minimum absolute atomic E-state index is 0.0425. The minimum Gasteiger partial charge on any atom is -0.492 e. The summed E-state index contributed by atoms with van der Waals surface area (Å²) in [4.78, 5) is 41.0. The highest BCUT2D eigenvalue weighted by Gasteiger charge is 2.29. The van der Waals surface area contributed by atoms with Crippen LogP contribution in [0.4, 0.5) is 0 Å². The molecule has 0 N–H and O–H groups in total. The van der Waals surface area contributed by atoms with Crippen molar-refractivity contribution in [2.75, 3.05) is 26.2 Å². The molecule has 1 aliphatic rings. The lowest BCUT2D eigenvalue weighted by Gasteiger charge is -2.26. The molecule has 1 saturated heterocycles. The number of ether oxygens (including phenoxy) is 3. The van der Waals surface area contributed by atoms with Gasteiger partial charge in [-0.25, -0.2) is 0 Å². The zero-order valence-corrected chi connectivity index (χ0v) is 28.0. The Balaban J connectivity index is 1.51. The van der Waals surface area contributed by atoms with Gasteiger partial charge >= 0.3 is 11.9 Å². The van der Waals surface area contributed by atoms with E-state index in [-0.39, 0.29) is 32.6 Å². The van der Waals surface area contributed by atoms with E-state index in [9.17, 15) is 14.4 Å². The van der Waals surface area contributed by atoms with Crippen molar-refractivity contribution in [1.82, 2.24) is 4.90 Å². The van der Waals surface area contributed by atoms with Gasteiger partial charge < -0.3 is 14.2 Å². The number of esters is 2. The first-order valence-corrected chi connectivity index (χ1v) is 16.7. The maximum absolute atomic E-state index is 14.2. The predicted octanol–water partition coefficient (Wildman–Crippen LogP) is 9.25. The predicted molar refractivity (Wildman–Crippen MR) is 180 cm³/mol. The van der Waals surface area contributed by atoms with Gasteiger partial charge in [-0.2, -0.15) is 0 Å². The van der Waals surface area contributed by atoms with Crippen LogP contribution in [0.25, 0.3) is 20.5 Å². The van der Waals surface area contributed by atoms with E-state index < -0.39 is 5.97 Å². The number of fused-ring (bicyclic) bond motifs is 1. The number of rotatable bonds is 11. The molecule has 3 aromatic carbocycles. The molecule has 0 amide bonds. The zero-order chi connectivity index (χ0) is 32.1. The Morgan fingerprint density at radius 1 is 0.844 bits per heavy atom. The molecule has 0 atom stereocenters. The van der Waals surface area contributed by atoms with E-state index in [1.54, 1.807) is 48.5 Å². The molecular formula is C34H32Cl3NO6S. The smallest absolute Gasteiger partial charge is 0.311 e. The third-order valence-corrected chi connectivity index (χ3v) is 10.00. The van der Waals surface area contributed by atoms with Crippen LogP contribution in [0.5, 0.6) is 17.2 Å². The summed E-state index contributed by atoms with van der Waals surface area (Å²) in [5, 5.41) is 0.398. The normalized spacial score (nSPS) is 13.5. The van der Waals surface area contributed by atoms with Crippen LogP contribution in [0.15, 0.2) is 48.5 Å². The van der Waals surface area contributed by atoms with E-state index in [1.165, 1.54) is 37.5 Å². The van der Waals surface area contributed by atoms with E-state index in [1.807, 2.05) is 6.92 Å². The molecular weight excluding hydrogens is 657 g/mol. The van der Waals surface area contributed by atoms with Gasteiger partial charge in [0.25, 0.3) is 0 Å². The van der Waals surface area contributed by atoms with E-state index in [0.717, 1.165) is 19.6 Å². The number of piperidine rings is 1. The molecule has 1 fully saturated rings. The van der Waals surface area contributed by atoms with E-state index >= 15 is 0 Å². The maximum Gasteiger partial charge on any atom is 0.311 e. The van der Waals surface area contributed by atoms with E-state index in [0.29, 0.717) is 62.6 Å². The van der Waals surface area contributed by atoms with Crippen LogP contribution in [0.3, 0.4) is 0 Å². The zero-order valence-electron chi connectivity index (χ0n) is 24.9. The second-order valence-electron chi connectivity index (χ2n) is 10.7. The first kappa shape index (κ1) is 33.2. The van der Waals surface area contributed by atoms with Crippen molar-refractivity contribution in [3.8, 4) is 27.7 Å². The Bertz CT molecular complexity index is 1710. The summed E-state index contributed by atoms with van der Waals surface area (Å²) in [6, 6.07) is 13.8. The third-order valence-electron chi connectivity index (χ3n) is 7.44. The fourth-order valence-corrected chi connectivity index (χ4v) is 7.43. The van der Waals surface area contributed by atoms with Crippen molar-refractivity contribution >= 4 is 73.9 Å². The molecule has 0 bridgehead atoms. The molecule has 5 rings (SSSR count). The molecule has 236 valence electrons. The Kier molecular flexibility index (Phi) is 11.1. The van der Waals surface area contributed by atoms with Crippen LogP contribution in [-0.4, -0.2) is 48.9 Å². The number of hydrogen-bond donors (Lipinski definition) is 0. The molecule has 0 radical (unpaired) electrons. The van der Waals surface area contributed by atoms with Crippen LogP contribution in [0, 0.1) is 0 Å². The Morgan fingerprint density at radius 3 is 2.16 bits per heavy atom. The molecule has 0 unspecified atom stereocenters. The number of carbonyl (C=O) groups is 3. The van der Waals surface area contributed by atoms with Crippen molar-refractivity contribution in [3.63, 3.8) is 0 Å². The Hall–Kier alpha value is -3.14. The summed E-state index contributed by atoms with van der Waals surface area (Å²) in [5.74, 6) is -0.259. The van der Waals surface area contributed by atoms with Gasteiger partial charge in [-0.15, -0.1) is 11.3 Å². The van der Waals surface area contributed by atoms with Crippen LogP contribution in [0.2, 0.25) is 15.1 Å². The van der Waals surface area contributed by atoms with Crippen LogP contribution in [-0.2, 0) is 9.59 Å². The Labute approximate surface area is 280 Å². The van der Waals surface area contributed by atoms with Gasteiger partial charge in [-0.3, -0.25) is 19.3 Å². The first-order valence-electron chi connectivity index (χ1n) is 14.8. The van der Waals surface area contributed by atoms with Gasteiger partial charge in [0.15, 0.2) is 11.5 Å². The third kappa shape index (κ3) is 7.64. The summed E-state index contributed by atoms with van der Waals surface area (Å²) in [6.45, 7) is 6.75. The fourth-order valence-electron chi connectivity index (χ4n) is 5.24. The summed E-state index contributed by atoms with van der Waals surface area (Å²) in [5.41, 5.74) is 1.38. The topological polar surface area (TPSA) is 82.1 Å². The highest BCUT2D eigenvalue weighted by molar-refractivity contribution is 7.23. The average Bonchev–Trinajstić information content (AvgIpc) is 3.44. The summed E-state index contributed by atoms with van der Waals surface area (Å²) >= 11 is 21.3. The number of hydrogen-bond acceptors (Lipinski definition) is 8.